The van der Waals surface area contributed by atoms with Gasteiger partial charge in [0.2, 0.25) is 0 Å². The number of hydrogen-bond acceptors (Lipinski definition) is 4. The molecule has 2 aliphatic rings. The largest absolute Gasteiger partial charge is 0.416 e. The molecule has 0 unspecified atom stereocenters. The van der Waals surface area contributed by atoms with Crippen molar-refractivity contribution in [1.29, 1.82) is 0 Å². The number of ketones is 1. The van der Waals surface area contributed by atoms with Crippen LogP contribution in [0.15, 0.2) is 35.5 Å². The number of rotatable bonds is 3. The quantitative estimate of drug-likeness (QED) is 0.807. The van der Waals surface area contributed by atoms with Crippen molar-refractivity contribution in [3.05, 3.63) is 47.2 Å². The van der Waals surface area contributed by atoms with Crippen LogP contribution < -0.4 is 0 Å². The predicted octanol–water partition coefficient (Wildman–Crippen LogP) is 4.16. The summed E-state index contributed by atoms with van der Waals surface area (Å²) in [4.78, 5) is 17.1. The Morgan fingerprint density at radius 2 is 2.00 bits per heavy atom. The Labute approximate surface area is 153 Å². The molecule has 1 aromatic carbocycles. The minimum absolute atomic E-state index is 0.0970. The molecule has 1 saturated heterocycles. The van der Waals surface area contributed by atoms with E-state index < -0.39 is 11.7 Å². The summed E-state index contributed by atoms with van der Waals surface area (Å²) in [6, 6.07) is 5.26. The summed E-state index contributed by atoms with van der Waals surface area (Å²) >= 11 is 0. The highest BCUT2D eigenvalue weighted by molar-refractivity contribution is 6.15. The van der Waals surface area contributed by atoms with Gasteiger partial charge < -0.3 is 4.74 Å². The van der Waals surface area contributed by atoms with Gasteiger partial charge in [-0.2, -0.15) is 18.3 Å². The van der Waals surface area contributed by atoms with Crippen LogP contribution >= 0.6 is 0 Å². The van der Waals surface area contributed by atoms with E-state index >= 15 is 0 Å². The molecule has 5 nitrogen and oxygen atoms in total. The van der Waals surface area contributed by atoms with Crippen LogP contribution in [-0.2, 0) is 17.3 Å². The first-order valence-corrected chi connectivity index (χ1v) is 8.83. The number of Topliss-reactive ketones (excluding diaryl/α,β-unsaturated/α-hetero) is 1. The van der Waals surface area contributed by atoms with Gasteiger partial charge in [0.1, 0.15) is 0 Å². The van der Waals surface area contributed by atoms with Crippen molar-refractivity contribution in [3.63, 3.8) is 0 Å². The summed E-state index contributed by atoms with van der Waals surface area (Å²) in [6.07, 6.45) is -0.967. The number of aliphatic imine (C=N–C) groups is 1. The van der Waals surface area contributed by atoms with Gasteiger partial charge in [0.15, 0.2) is 11.6 Å². The van der Waals surface area contributed by atoms with Crippen molar-refractivity contribution in [2.24, 2.45) is 4.99 Å². The van der Waals surface area contributed by atoms with Gasteiger partial charge in [-0.1, -0.05) is 18.2 Å². The van der Waals surface area contributed by atoms with Gasteiger partial charge in [-0.05, 0) is 24.5 Å². The lowest BCUT2D eigenvalue weighted by Crippen LogP contribution is -2.22. The van der Waals surface area contributed by atoms with Crippen molar-refractivity contribution in [3.8, 4) is 0 Å². The van der Waals surface area contributed by atoms with Gasteiger partial charge in [-0.3, -0.25) is 4.79 Å². The number of aromatic nitrogens is 2. The molecule has 1 aromatic heterocycles. The molecule has 0 atom stereocenters. The third-order valence-corrected chi connectivity index (χ3v) is 4.90. The van der Waals surface area contributed by atoms with Crippen LogP contribution in [0.5, 0.6) is 0 Å². The van der Waals surface area contributed by atoms with Crippen molar-refractivity contribution in [2.45, 2.75) is 37.9 Å². The molecule has 3 heterocycles. The number of carbonyl (C=O) groups is 1. The molecule has 2 aromatic rings. The Hall–Kier alpha value is -2.48. The maximum atomic E-state index is 12.9. The van der Waals surface area contributed by atoms with Crippen LogP contribution in [0, 0.1) is 0 Å². The number of benzene rings is 1. The second-order valence-corrected chi connectivity index (χ2v) is 6.82. The zero-order valence-electron chi connectivity index (χ0n) is 14.5. The molecule has 142 valence electrons. The van der Waals surface area contributed by atoms with Gasteiger partial charge in [-0.15, -0.1) is 0 Å². The third kappa shape index (κ3) is 3.66. The van der Waals surface area contributed by atoms with E-state index in [9.17, 15) is 18.0 Å². The highest BCUT2D eigenvalue weighted by Gasteiger charge is 2.31. The second-order valence-electron chi connectivity index (χ2n) is 6.82. The van der Waals surface area contributed by atoms with E-state index in [-0.39, 0.29) is 24.7 Å². The van der Waals surface area contributed by atoms with Crippen LogP contribution in [0.1, 0.15) is 46.8 Å². The summed E-state index contributed by atoms with van der Waals surface area (Å²) in [5.41, 5.74) is 0.822. The molecule has 2 aliphatic heterocycles. The van der Waals surface area contributed by atoms with Crippen LogP contribution in [0.25, 0.3) is 0 Å². The number of ether oxygens (including phenoxy) is 1. The van der Waals surface area contributed by atoms with Gasteiger partial charge in [0, 0.05) is 25.3 Å². The molecule has 0 amide bonds. The lowest BCUT2D eigenvalue weighted by Gasteiger charge is -2.24. The van der Waals surface area contributed by atoms with E-state index in [1.807, 2.05) is 0 Å². The van der Waals surface area contributed by atoms with E-state index in [4.69, 9.17) is 4.74 Å². The van der Waals surface area contributed by atoms with Gasteiger partial charge in [0.05, 0.1) is 29.8 Å². The molecule has 0 spiro atoms. The standard InChI is InChI=1S/C19H18F3N3O2/c20-19(21,22)13-3-1-2-12(8-13)9-14-10-17(26)16-11-23-25(18(16)24-14)15-4-6-27-7-5-15/h1-3,8,11,15H,4-7,9-10H2. The maximum absolute atomic E-state index is 12.9. The van der Waals surface area contributed by atoms with Crippen LogP contribution in [-0.4, -0.2) is 34.5 Å². The highest BCUT2D eigenvalue weighted by Crippen LogP contribution is 2.33. The number of halogens is 3. The second kappa shape index (κ2) is 6.92. The normalized spacial score (nSPS) is 18.3. The molecule has 4 rings (SSSR count). The summed E-state index contributed by atoms with van der Waals surface area (Å²) in [5, 5.41) is 4.34. The first-order valence-electron chi connectivity index (χ1n) is 8.83. The summed E-state index contributed by atoms with van der Waals surface area (Å²) in [7, 11) is 0. The first-order chi connectivity index (χ1) is 12.9. The average molecular weight is 377 g/mol. The van der Waals surface area contributed by atoms with E-state index in [1.165, 1.54) is 12.3 Å². The Morgan fingerprint density at radius 3 is 2.74 bits per heavy atom. The number of hydrogen-bond donors (Lipinski definition) is 0. The Bertz CT molecular complexity index is 896. The fourth-order valence-electron chi connectivity index (χ4n) is 3.53. The van der Waals surface area contributed by atoms with E-state index in [2.05, 4.69) is 10.1 Å². The van der Waals surface area contributed by atoms with E-state index in [1.54, 1.807) is 10.7 Å². The molecule has 0 N–H and O–H groups in total. The highest BCUT2D eigenvalue weighted by atomic mass is 19.4. The van der Waals surface area contributed by atoms with Crippen LogP contribution in [0.3, 0.4) is 0 Å². The molecule has 0 radical (unpaired) electrons. The molecule has 8 heteroatoms. The monoisotopic (exact) mass is 377 g/mol. The number of fused-ring (bicyclic) bond motifs is 1. The molecule has 27 heavy (non-hydrogen) atoms. The molecule has 0 saturated carbocycles. The predicted molar refractivity (Wildman–Crippen MR) is 92.5 cm³/mol. The summed E-state index contributed by atoms with van der Waals surface area (Å²) in [5.74, 6) is 0.417. The average Bonchev–Trinajstić information content (AvgIpc) is 3.06. The zero-order valence-corrected chi connectivity index (χ0v) is 14.5. The molecular formula is C19H18F3N3O2. The van der Waals surface area contributed by atoms with Gasteiger partial charge in [-0.25, -0.2) is 9.67 Å². The number of carbonyl (C=O) groups excluding carboxylic acids is 1. The molecule has 0 aliphatic carbocycles. The Balaban J connectivity index is 1.62. The molecule has 1 fully saturated rings. The maximum Gasteiger partial charge on any atom is 0.416 e. The fraction of sp³-hybridized carbons (Fsp3) is 0.421. The first kappa shape index (κ1) is 17.9. The van der Waals surface area contributed by atoms with E-state index in [0.29, 0.717) is 35.9 Å². The lowest BCUT2D eigenvalue weighted by molar-refractivity contribution is -0.137. The summed E-state index contributed by atoms with van der Waals surface area (Å²) in [6.45, 7) is 1.27. The smallest absolute Gasteiger partial charge is 0.381 e. The minimum atomic E-state index is -4.39. The SMILES string of the molecule is O=C1CC(Cc2cccc(C(F)(F)F)c2)=Nc2c1cnn2C1CCOCC1. The minimum Gasteiger partial charge on any atom is -0.381 e. The van der Waals surface area contributed by atoms with Crippen molar-refractivity contribution < 1.29 is 22.7 Å². The number of nitrogens with zero attached hydrogens (tertiary/aromatic N) is 3. The van der Waals surface area contributed by atoms with Gasteiger partial charge >= 0.3 is 6.18 Å². The fourth-order valence-corrected chi connectivity index (χ4v) is 3.53. The number of alkyl halides is 3. The van der Waals surface area contributed by atoms with Crippen molar-refractivity contribution in [1.82, 2.24) is 9.78 Å². The molecule has 0 bridgehead atoms. The topological polar surface area (TPSA) is 56.5 Å². The van der Waals surface area contributed by atoms with Gasteiger partial charge in [0.25, 0.3) is 0 Å². The van der Waals surface area contributed by atoms with Crippen molar-refractivity contribution >= 4 is 17.3 Å². The Morgan fingerprint density at radius 1 is 1.22 bits per heavy atom. The molecular weight excluding hydrogens is 359 g/mol. The Kier molecular flexibility index (Phi) is 4.59. The van der Waals surface area contributed by atoms with Crippen molar-refractivity contribution in [2.75, 3.05) is 13.2 Å². The third-order valence-electron chi connectivity index (χ3n) is 4.90. The lowest BCUT2D eigenvalue weighted by atomic mass is 9.98. The van der Waals surface area contributed by atoms with Crippen LogP contribution in [0.2, 0.25) is 0 Å². The van der Waals surface area contributed by atoms with Crippen LogP contribution in [0.4, 0.5) is 19.0 Å². The zero-order chi connectivity index (χ0) is 19.0. The summed E-state index contributed by atoms with van der Waals surface area (Å²) < 4.78 is 45.9. The van der Waals surface area contributed by atoms with E-state index in [0.717, 1.165) is 25.0 Å².